The van der Waals surface area contributed by atoms with Crippen LogP contribution in [-0.4, -0.2) is 23.4 Å². The zero-order valence-electron chi connectivity index (χ0n) is 7.47. The highest BCUT2D eigenvalue weighted by molar-refractivity contribution is 6.30. The van der Waals surface area contributed by atoms with Crippen molar-refractivity contribution in [1.29, 1.82) is 0 Å². The summed E-state index contributed by atoms with van der Waals surface area (Å²) in [7, 11) is 1.94. The SMILES string of the molecule is CNCCCn1ncc(C)c1Cl. The normalized spacial score (nSPS) is 10.6. The van der Waals surface area contributed by atoms with Crippen molar-refractivity contribution in [3.05, 3.63) is 16.9 Å². The molecule has 0 aliphatic carbocycles. The third-order valence-corrected chi connectivity index (χ3v) is 2.23. The molecule has 0 saturated heterocycles. The largest absolute Gasteiger partial charge is 0.320 e. The zero-order valence-corrected chi connectivity index (χ0v) is 8.23. The maximum atomic E-state index is 5.97. The van der Waals surface area contributed by atoms with Gasteiger partial charge >= 0.3 is 0 Å². The highest BCUT2D eigenvalue weighted by Gasteiger charge is 2.02. The second-order valence-corrected chi connectivity index (χ2v) is 3.16. The third kappa shape index (κ3) is 2.22. The van der Waals surface area contributed by atoms with Gasteiger partial charge in [0.05, 0.1) is 6.20 Å². The smallest absolute Gasteiger partial charge is 0.129 e. The number of halogens is 1. The van der Waals surface area contributed by atoms with E-state index in [4.69, 9.17) is 11.6 Å². The fourth-order valence-electron chi connectivity index (χ4n) is 1.03. The molecule has 12 heavy (non-hydrogen) atoms. The molecule has 3 nitrogen and oxygen atoms in total. The maximum absolute atomic E-state index is 5.97. The second kappa shape index (κ2) is 4.48. The average Bonchev–Trinajstić information content (AvgIpc) is 2.36. The first kappa shape index (κ1) is 9.55. The number of nitrogens with one attached hydrogen (secondary N) is 1. The Morgan fingerprint density at radius 2 is 2.42 bits per heavy atom. The molecule has 1 aromatic heterocycles. The molecule has 1 heterocycles. The van der Waals surface area contributed by atoms with Gasteiger partial charge in [0, 0.05) is 12.1 Å². The van der Waals surface area contributed by atoms with Gasteiger partial charge in [0.1, 0.15) is 5.15 Å². The summed E-state index contributed by atoms with van der Waals surface area (Å²) in [6.45, 7) is 3.84. The molecule has 0 aromatic carbocycles. The summed E-state index contributed by atoms with van der Waals surface area (Å²) in [5, 5.41) is 7.98. The average molecular weight is 188 g/mol. The molecule has 0 bridgehead atoms. The van der Waals surface area contributed by atoms with Gasteiger partial charge in [-0.15, -0.1) is 0 Å². The van der Waals surface area contributed by atoms with Crippen molar-refractivity contribution in [2.24, 2.45) is 0 Å². The summed E-state index contributed by atoms with van der Waals surface area (Å²) in [5.74, 6) is 0. The number of nitrogens with zero attached hydrogens (tertiary/aromatic N) is 2. The number of aromatic nitrogens is 2. The predicted molar refractivity (Wildman–Crippen MR) is 50.5 cm³/mol. The Kier molecular flexibility index (Phi) is 3.56. The van der Waals surface area contributed by atoms with E-state index in [1.807, 2.05) is 18.7 Å². The monoisotopic (exact) mass is 187 g/mol. The van der Waals surface area contributed by atoms with Crippen LogP contribution in [0.15, 0.2) is 6.20 Å². The fraction of sp³-hybridized carbons (Fsp3) is 0.625. The lowest BCUT2D eigenvalue weighted by atomic mass is 10.4. The van der Waals surface area contributed by atoms with Gasteiger partial charge in [0.25, 0.3) is 0 Å². The first-order chi connectivity index (χ1) is 5.75. The van der Waals surface area contributed by atoms with E-state index in [0.717, 1.165) is 30.2 Å². The molecule has 0 aliphatic heterocycles. The zero-order chi connectivity index (χ0) is 8.97. The first-order valence-corrected chi connectivity index (χ1v) is 4.46. The van der Waals surface area contributed by atoms with Crippen LogP contribution in [0.1, 0.15) is 12.0 Å². The van der Waals surface area contributed by atoms with Crippen molar-refractivity contribution in [3.63, 3.8) is 0 Å². The van der Waals surface area contributed by atoms with Gasteiger partial charge in [0.15, 0.2) is 0 Å². The van der Waals surface area contributed by atoms with Crippen LogP contribution < -0.4 is 5.32 Å². The van der Waals surface area contributed by atoms with Crippen LogP contribution >= 0.6 is 11.6 Å². The van der Waals surface area contributed by atoms with Crippen molar-refractivity contribution in [2.45, 2.75) is 19.9 Å². The summed E-state index contributed by atoms with van der Waals surface area (Å²) in [6.07, 6.45) is 2.85. The van der Waals surface area contributed by atoms with Crippen LogP contribution in [0.25, 0.3) is 0 Å². The Morgan fingerprint density at radius 3 is 2.92 bits per heavy atom. The lowest BCUT2D eigenvalue weighted by Crippen LogP contribution is -2.11. The first-order valence-electron chi connectivity index (χ1n) is 4.08. The van der Waals surface area contributed by atoms with Crippen LogP contribution in [0.5, 0.6) is 0 Å². The molecule has 0 saturated carbocycles. The van der Waals surface area contributed by atoms with E-state index in [1.165, 1.54) is 0 Å². The minimum atomic E-state index is 0.756. The molecule has 0 radical (unpaired) electrons. The summed E-state index contributed by atoms with van der Waals surface area (Å²) in [4.78, 5) is 0. The standard InChI is InChI=1S/C8H14ClN3/c1-7-6-11-12(8(7)9)5-3-4-10-2/h6,10H,3-5H2,1-2H3. The second-order valence-electron chi connectivity index (χ2n) is 2.80. The number of hydrogen-bond donors (Lipinski definition) is 1. The van der Waals surface area contributed by atoms with E-state index in [9.17, 15) is 0 Å². The topological polar surface area (TPSA) is 29.9 Å². The molecule has 0 unspecified atom stereocenters. The highest BCUT2D eigenvalue weighted by atomic mass is 35.5. The summed E-state index contributed by atoms with van der Waals surface area (Å²) in [6, 6.07) is 0. The quantitative estimate of drug-likeness (QED) is 0.724. The molecule has 1 aromatic rings. The van der Waals surface area contributed by atoms with Gasteiger partial charge < -0.3 is 5.32 Å². The van der Waals surface area contributed by atoms with Crippen molar-refractivity contribution in [1.82, 2.24) is 15.1 Å². The lowest BCUT2D eigenvalue weighted by Gasteiger charge is -2.02. The minimum Gasteiger partial charge on any atom is -0.320 e. The van der Waals surface area contributed by atoms with Crippen molar-refractivity contribution in [2.75, 3.05) is 13.6 Å². The highest BCUT2D eigenvalue weighted by Crippen LogP contribution is 2.13. The van der Waals surface area contributed by atoms with E-state index in [-0.39, 0.29) is 0 Å². The van der Waals surface area contributed by atoms with Crippen molar-refractivity contribution < 1.29 is 0 Å². The minimum absolute atomic E-state index is 0.756. The molecule has 0 amide bonds. The number of hydrogen-bond acceptors (Lipinski definition) is 2. The van der Waals surface area contributed by atoms with E-state index in [1.54, 1.807) is 6.20 Å². The molecule has 68 valence electrons. The van der Waals surface area contributed by atoms with E-state index < -0.39 is 0 Å². The molecular formula is C8H14ClN3. The van der Waals surface area contributed by atoms with Crippen LogP contribution in [0.4, 0.5) is 0 Å². The van der Waals surface area contributed by atoms with E-state index >= 15 is 0 Å². The van der Waals surface area contributed by atoms with Gasteiger partial charge in [-0.2, -0.15) is 5.10 Å². The molecule has 0 aliphatic rings. The van der Waals surface area contributed by atoms with Gasteiger partial charge in [-0.25, -0.2) is 0 Å². The molecular weight excluding hydrogens is 174 g/mol. The molecule has 4 heteroatoms. The lowest BCUT2D eigenvalue weighted by molar-refractivity contribution is 0.563. The Bertz CT molecular complexity index is 244. The van der Waals surface area contributed by atoms with Crippen LogP contribution in [0, 0.1) is 6.92 Å². The predicted octanol–water partition coefficient (Wildman–Crippen LogP) is 1.45. The Labute approximate surface area is 77.7 Å². The van der Waals surface area contributed by atoms with E-state index in [0.29, 0.717) is 0 Å². The van der Waals surface area contributed by atoms with Gasteiger partial charge in [-0.05, 0) is 26.9 Å². The maximum Gasteiger partial charge on any atom is 0.129 e. The number of rotatable bonds is 4. The fourth-order valence-corrected chi connectivity index (χ4v) is 1.20. The van der Waals surface area contributed by atoms with Gasteiger partial charge in [-0.3, -0.25) is 4.68 Å². The molecule has 0 atom stereocenters. The summed E-state index contributed by atoms with van der Waals surface area (Å²) < 4.78 is 1.83. The van der Waals surface area contributed by atoms with Crippen LogP contribution in [0.3, 0.4) is 0 Å². The molecule has 1 N–H and O–H groups in total. The Balaban J connectivity index is 2.46. The molecule has 1 rings (SSSR count). The summed E-state index contributed by atoms with van der Waals surface area (Å²) >= 11 is 5.97. The third-order valence-electron chi connectivity index (χ3n) is 1.74. The van der Waals surface area contributed by atoms with Gasteiger partial charge in [0.2, 0.25) is 0 Å². The summed E-state index contributed by atoms with van der Waals surface area (Å²) in [5.41, 5.74) is 1.04. The molecule has 0 fully saturated rings. The van der Waals surface area contributed by atoms with Gasteiger partial charge in [-0.1, -0.05) is 11.6 Å². The Morgan fingerprint density at radius 1 is 1.67 bits per heavy atom. The van der Waals surface area contributed by atoms with Crippen molar-refractivity contribution >= 4 is 11.6 Å². The number of aryl methyl sites for hydroxylation is 2. The molecule has 0 spiro atoms. The van der Waals surface area contributed by atoms with E-state index in [2.05, 4.69) is 10.4 Å². The van der Waals surface area contributed by atoms with Crippen LogP contribution in [0.2, 0.25) is 5.15 Å². The Hall–Kier alpha value is -0.540. The van der Waals surface area contributed by atoms with Crippen molar-refractivity contribution in [3.8, 4) is 0 Å². The van der Waals surface area contributed by atoms with Crippen LogP contribution in [-0.2, 0) is 6.54 Å².